The average molecular weight is 357 g/mol. The Bertz CT molecular complexity index is 274. The van der Waals surface area contributed by atoms with Gasteiger partial charge in [0, 0.05) is 13.2 Å². The second-order valence-electron chi connectivity index (χ2n) is 6.43. The number of rotatable bonds is 10. The molecule has 0 fully saturated rings. The molecule has 5 nitrogen and oxygen atoms in total. The molecule has 0 radical (unpaired) electrons. The second kappa shape index (κ2) is 8.34. The van der Waals surface area contributed by atoms with Gasteiger partial charge in [-0.05, 0) is 59.7 Å². The van der Waals surface area contributed by atoms with Gasteiger partial charge in [0.15, 0.2) is 8.32 Å². The van der Waals surface area contributed by atoms with Crippen LogP contribution >= 0.6 is 0 Å². The van der Waals surface area contributed by atoms with Crippen LogP contribution in [0.25, 0.3) is 0 Å². The van der Waals surface area contributed by atoms with Crippen molar-refractivity contribution in [2.75, 3.05) is 13.2 Å². The fourth-order valence-corrected chi connectivity index (χ4v) is 16.8. The van der Waals surface area contributed by atoms with Crippen LogP contribution in [0.15, 0.2) is 0 Å². The maximum absolute atomic E-state index is 6.27. The first kappa shape index (κ1) is 20.7. The van der Waals surface area contributed by atoms with Gasteiger partial charge in [-0.15, -0.1) is 0 Å². The summed E-state index contributed by atoms with van der Waals surface area (Å²) in [6.45, 7) is 19.9. The third kappa shape index (κ3) is 10.4. The predicted molar refractivity (Wildman–Crippen MR) is 92.0 cm³/mol. The summed E-state index contributed by atoms with van der Waals surface area (Å²) in [5.41, 5.74) is 0. The highest BCUT2D eigenvalue weighted by atomic mass is 28.5. The zero-order valence-corrected chi connectivity index (χ0v) is 18.7. The molecule has 0 aliphatic carbocycles. The van der Waals surface area contributed by atoms with E-state index in [2.05, 4.69) is 32.7 Å². The van der Waals surface area contributed by atoms with Gasteiger partial charge in [-0.3, -0.25) is 0 Å². The summed E-state index contributed by atoms with van der Waals surface area (Å²) in [6.07, 6.45) is 0. The maximum atomic E-state index is 6.27. The van der Waals surface area contributed by atoms with Gasteiger partial charge >= 0.3 is 26.6 Å². The quantitative estimate of drug-likeness (QED) is 0.563. The maximum Gasteiger partial charge on any atom is 0.475 e. The Morgan fingerprint density at radius 1 is 0.700 bits per heavy atom. The lowest BCUT2D eigenvalue weighted by Crippen LogP contribution is -2.54. The van der Waals surface area contributed by atoms with Gasteiger partial charge < -0.3 is 21.2 Å². The monoisotopic (exact) mass is 356 g/mol. The fraction of sp³-hybridized carbons (Fsp3) is 1.00. The van der Waals surface area contributed by atoms with Crippen LogP contribution in [0.3, 0.4) is 0 Å². The first-order valence-corrected chi connectivity index (χ1v) is 17.7. The van der Waals surface area contributed by atoms with Crippen LogP contribution in [0, 0.1) is 0 Å². The summed E-state index contributed by atoms with van der Waals surface area (Å²) in [5.74, 6) is 0. The van der Waals surface area contributed by atoms with Crippen LogP contribution < -0.4 is 0 Å². The highest BCUT2D eigenvalue weighted by Gasteiger charge is 2.41. The number of hydrogen-bond acceptors (Lipinski definition) is 5. The molecule has 0 N–H and O–H groups in total. The summed E-state index contributed by atoms with van der Waals surface area (Å²) in [7, 11) is -8.18. The van der Waals surface area contributed by atoms with Crippen molar-refractivity contribution in [2.45, 2.75) is 59.7 Å². The SMILES string of the molecule is CCO[SiH](OCC)O[Si](C)(C)O[Si](C)(C)O[Si](C)(C)C. The lowest BCUT2D eigenvalue weighted by atomic mass is 10.9. The Morgan fingerprint density at radius 2 is 1.15 bits per heavy atom. The molecule has 0 saturated carbocycles. The smallest absolute Gasteiger partial charge is 0.437 e. The highest BCUT2D eigenvalue weighted by molar-refractivity contribution is 6.86. The number of hydrogen-bond donors (Lipinski definition) is 0. The van der Waals surface area contributed by atoms with Crippen molar-refractivity contribution in [2.24, 2.45) is 0 Å². The van der Waals surface area contributed by atoms with Crippen LogP contribution in [0.4, 0.5) is 0 Å². The van der Waals surface area contributed by atoms with Crippen molar-refractivity contribution in [1.29, 1.82) is 0 Å². The third-order valence-electron chi connectivity index (χ3n) is 2.03. The molecule has 0 atom stereocenters. The third-order valence-corrected chi connectivity index (χ3v) is 14.6. The second-order valence-corrected chi connectivity index (χ2v) is 20.1. The van der Waals surface area contributed by atoms with Crippen molar-refractivity contribution < 1.29 is 21.2 Å². The molecule has 0 aliphatic heterocycles. The standard InChI is InChI=1S/C11H32O5Si4/c1-10-12-17(13-11-2)14-19(6,7)16-20(8,9)15-18(3,4)5/h17H,10-11H2,1-9H3. The molecule has 0 unspecified atom stereocenters. The Hall–Kier alpha value is 0.668. The predicted octanol–water partition coefficient (Wildman–Crippen LogP) is 3.06. The molecular weight excluding hydrogens is 324 g/mol. The van der Waals surface area contributed by atoms with Crippen LogP contribution in [-0.4, -0.2) is 48.2 Å². The normalized spacial score (nSPS) is 14.1. The molecule has 0 spiro atoms. The van der Waals surface area contributed by atoms with Crippen molar-refractivity contribution >= 4 is 35.0 Å². The Morgan fingerprint density at radius 3 is 1.50 bits per heavy atom. The lowest BCUT2D eigenvalue weighted by Gasteiger charge is -2.37. The van der Waals surface area contributed by atoms with E-state index in [1.54, 1.807) is 0 Å². The summed E-state index contributed by atoms with van der Waals surface area (Å²) in [6, 6.07) is 0. The van der Waals surface area contributed by atoms with Gasteiger partial charge in [0.25, 0.3) is 0 Å². The van der Waals surface area contributed by atoms with Crippen LogP contribution in [0.1, 0.15) is 13.8 Å². The fourth-order valence-electron chi connectivity index (χ4n) is 1.99. The summed E-state index contributed by atoms with van der Waals surface area (Å²) in [4.78, 5) is 0. The van der Waals surface area contributed by atoms with E-state index >= 15 is 0 Å². The van der Waals surface area contributed by atoms with Crippen LogP contribution in [-0.2, 0) is 21.2 Å². The van der Waals surface area contributed by atoms with Gasteiger partial charge in [0.1, 0.15) is 0 Å². The van der Waals surface area contributed by atoms with Gasteiger partial charge in [-0.2, -0.15) is 0 Å². The average Bonchev–Trinajstić information content (AvgIpc) is 2.10. The molecule has 20 heavy (non-hydrogen) atoms. The van der Waals surface area contributed by atoms with E-state index < -0.39 is 35.0 Å². The van der Waals surface area contributed by atoms with Gasteiger partial charge in [-0.1, -0.05) is 0 Å². The molecule has 9 heteroatoms. The molecule has 122 valence electrons. The first-order chi connectivity index (χ1) is 8.91. The minimum Gasteiger partial charge on any atom is -0.437 e. The van der Waals surface area contributed by atoms with Gasteiger partial charge in [0.2, 0.25) is 0 Å². The molecular formula is C11H32O5Si4. The van der Waals surface area contributed by atoms with E-state index in [0.717, 1.165) is 0 Å². The highest BCUT2D eigenvalue weighted by Crippen LogP contribution is 2.21. The van der Waals surface area contributed by atoms with Gasteiger partial charge in [-0.25, -0.2) is 0 Å². The van der Waals surface area contributed by atoms with E-state index in [4.69, 9.17) is 21.2 Å². The minimum absolute atomic E-state index is 0.605. The lowest BCUT2D eigenvalue weighted by molar-refractivity contribution is 0.139. The van der Waals surface area contributed by atoms with E-state index in [9.17, 15) is 0 Å². The van der Waals surface area contributed by atoms with Crippen LogP contribution in [0.2, 0.25) is 45.8 Å². The molecule has 0 aromatic carbocycles. The summed E-state index contributed by atoms with van der Waals surface area (Å²) < 4.78 is 29.7. The Labute approximate surface area is 129 Å². The topological polar surface area (TPSA) is 46.2 Å². The van der Waals surface area contributed by atoms with E-state index in [-0.39, 0.29) is 0 Å². The molecule has 0 rings (SSSR count). The first-order valence-electron chi connectivity index (χ1n) is 7.22. The van der Waals surface area contributed by atoms with Crippen LogP contribution in [0.5, 0.6) is 0 Å². The molecule has 0 saturated heterocycles. The zero-order valence-electron chi connectivity index (χ0n) is 14.5. The summed E-state index contributed by atoms with van der Waals surface area (Å²) in [5, 5.41) is 0. The minimum atomic E-state index is -2.31. The van der Waals surface area contributed by atoms with Crippen molar-refractivity contribution in [3.8, 4) is 0 Å². The molecule has 0 aliphatic rings. The van der Waals surface area contributed by atoms with E-state index in [0.29, 0.717) is 13.2 Å². The van der Waals surface area contributed by atoms with Crippen molar-refractivity contribution in [1.82, 2.24) is 0 Å². The molecule has 0 bridgehead atoms. The zero-order chi connectivity index (χ0) is 16.0. The molecule has 0 heterocycles. The summed E-state index contributed by atoms with van der Waals surface area (Å²) >= 11 is 0. The Kier molecular flexibility index (Phi) is 8.62. The van der Waals surface area contributed by atoms with Crippen molar-refractivity contribution in [3.63, 3.8) is 0 Å². The van der Waals surface area contributed by atoms with E-state index in [1.807, 2.05) is 26.9 Å². The van der Waals surface area contributed by atoms with Gasteiger partial charge in [0.05, 0.1) is 0 Å². The van der Waals surface area contributed by atoms with E-state index in [1.165, 1.54) is 0 Å². The molecule has 0 aromatic rings. The Balaban J connectivity index is 4.62. The largest absolute Gasteiger partial charge is 0.475 e. The van der Waals surface area contributed by atoms with Crippen molar-refractivity contribution in [3.05, 3.63) is 0 Å². The molecule has 0 amide bonds. The molecule has 0 aromatic heterocycles.